The normalized spacial score (nSPS) is 31.2. The van der Waals surface area contributed by atoms with Crippen molar-refractivity contribution in [2.24, 2.45) is 17.8 Å². The van der Waals surface area contributed by atoms with Gasteiger partial charge in [0.15, 0.2) is 24.8 Å². The minimum Gasteiger partial charge on any atom is -0.479 e. The molecule has 4 heterocycles. The van der Waals surface area contributed by atoms with Gasteiger partial charge in [0.1, 0.15) is 36.6 Å². The Morgan fingerprint density at radius 1 is 0.892 bits per heavy atom. The third-order valence-electron chi connectivity index (χ3n) is 14.8. The largest absolute Gasteiger partial charge is 0.479 e. The maximum atomic E-state index is 14.1. The number of nitrogens with one attached hydrogen (secondary N) is 1. The third-order valence-corrected chi connectivity index (χ3v) is 14.8. The molecule has 0 spiro atoms. The second kappa shape index (κ2) is 24.9. The number of non-ortho nitro benzene ring substituents is 1. The van der Waals surface area contributed by atoms with E-state index in [1.54, 1.807) is 48.1 Å². The second-order valence-corrected chi connectivity index (χ2v) is 20.1. The van der Waals surface area contributed by atoms with Crippen molar-refractivity contribution in [1.82, 2.24) is 24.9 Å². The van der Waals surface area contributed by atoms with Crippen LogP contribution in [0, 0.1) is 27.9 Å². The molecular weight excluding hydrogens is 969 g/mol. The number of aryl methyl sites for hydroxylation is 2. The fourth-order valence-corrected chi connectivity index (χ4v) is 10.7. The zero-order valence-corrected chi connectivity index (χ0v) is 41.4. The summed E-state index contributed by atoms with van der Waals surface area (Å²) >= 11 is 0. The van der Waals surface area contributed by atoms with E-state index in [9.17, 15) is 55.1 Å². The number of nitrogens with zero attached hydrogens (tertiary/aromatic N) is 5. The van der Waals surface area contributed by atoms with Crippen LogP contribution in [0.4, 0.5) is 5.69 Å². The van der Waals surface area contributed by atoms with E-state index in [-0.39, 0.29) is 48.9 Å². The van der Waals surface area contributed by atoms with Crippen LogP contribution in [0.2, 0.25) is 0 Å². The highest BCUT2D eigenvalue weighted by Gasteiger charge is 2.54. The lowest BCUT2D eigenvalue weighted by Gasteiger charge is -2.48. The lowest BCUT2D eigenvalue weighted by Crippen LogP contribution is -2.64. The van der Waals surface area contributed by atoms with E-state index in [0.29, 0.717) is 31.6 Å². The number of fused-ring (bicyclic) bond motifs is 1. The average molecular weight is 1040 g/mol. The van der Waals surface area contributed by atoms with E-state index in [4.69, 9.17) is 28.4 Å². The molecule has 4 fully saturated rings. The molecule has 0 bridgehead atoms. The summed E-state index contributed by atoms with van der Waals surface area (Å²) in [5.74, 6) is -3.74. The minimum absolute atomic E-state index is 0.0254. The fourth-order valence-electron chi connectivity index (χ4n) is 10.7. The molecule has 74 heavy (non-hydrogen) atoms. The van der Waals surface area contributed by atoms with Crippen LogP contribution >= 0.6 is 0 Å². The van der Waals surface area contributed by atoms with Crippen molar-refractivity contribution in [2.45, 2.75) is 171 Å². The highest BCUT2D eigenvalue weighted by molar-refractivity contribution is 5.89. The minimum atomic E-state index is -1.71. The number of nitro groups is 1. The van der Waals surface area contributed by atoms with Gasteiger partial charge >= 0.3 is 11.9 Å². The highest BCUT2D eigenvalue weighted by atomic mass is 16.7. The number of aromatic nitrogens is 4. The number of ether oxygens (including phenoxy) is 6. The van der Waals surface area contributed by atoms with Crippen molar-refractivity contribution in [2.75, 3.05) is 13.2 Å². The van der Waals surface area contributed by atoms with Crippen LogP contribution in [0.3, 0.4) is 0 Å². The van der Waals surface area contributed by atoms with Gasteiger partial charge in [-0.2, -0.15) is 0 Å². The summed E-state index contributed by atoms with van der Waals surface area (Å²) in [4.78, 5) is 51.6. The molecule has 2 aromatic carbocycles. The van der Waals surface area contributed by atoms with E-state index in [0.717, 1.165) is 43.0 Å². The SMILES string of the molecule is CC1O[C@@H](OC2[C@H](C)CC(C(=O)NCCc3cn(CCCn4ccc5cc([N+](=O)[O-])ccc54)nn3)C[C@H]2O[C@@H]2O[C@@H](CO)[C@H](O)C(O[C@@H](CC3CCCCC3)C(=O)O)C2OC(=O)c2ccccc2)[C@@H](O)C(O)[C@@H]1O. The predicted molar refractivity (Wildman–Crippen MR) is 259 cm³/mol. The van der Waals surface area contributed by atoms with Gasteiger partial charge in [0, 0.05) is 67.4 Å². The molecule has 23 heteroatoms. The Labute approximate surface area is 426 Å². The summed E-state index contributed by atoms with van der Waals surface area (Å²) in [5.41, 5.74) is 1.66. The Balaban J connectivity index is 0.981. The summed E-state index contributed by atoms with van der Waals surface area (Å²) in [6, 6.07) is 14.5. The van der Waals surface area contributed by atoms with E-state index in [1.165, 1.54) is 25.1 Å². The molecule has 2 aliphatic heterocycles. The van der Waals surface area contributed by atoms with Gasteiger partial charge < -0.3 is 68.9 Å². The van der Waals surface area contributed by atoms with Gasteiger partial charge in [-0.3, -0.25) is 19.6 Å². The standard InChI is InChI=1S/C51H68N6O17/c1-28-22-33(47(63)52-18-16-34-26-56(54-53-34)20-9-19-55-21-17-32-24-35(57(67)68)14-15-36(32)55)25-37(44(28)74-50-43(62)42(61)40(59)29(2)69-50)71-51-46(73-49(66)31-12-7-4-8-13-31)45(41(60)39(27-58)72-51)70-38(48(64)65)23-30-10-5-3-6-11-30/h4,7-8,12-15,17,21,24,26,28-30,33,37-46,50-51,58-62H,3,5-6,9-11,16,18-20,22-23,25,27H2,1-2H3,(H,52,63)(H,64,65)/t28-,29?,33?,37-,38+,39+,40-,41+,42?,43+,44?,45?,46?,50+,51-/m1/s1. The van der Waals surface area contributed by atoms with Gasteiger partial charge in [-0.25, -0.2) is 9.59 Å². The van der Waals surface area contributed by atoms with E-state index in [2.05, 4.69) is 15.6 Å². The number of carboxylic acid groups (broad SMARTS) is 1. The van der Waals surface area contributed by atoms with Crippen molar-refractivity contribution >= 4 is 34.4 Å². The number of nitro benzene ring substituents is 1. The first-order valence-electron chi connectivity index (χ1n) is 25.6. The number of aliphatic hydroxyl groups excluding tert-OH is 5. The number of amides is 1. The van der Waals surface area contributed by atoms with Crippen LogP contribution in [-0.4, -0.2) is 166 Å². The van der Waals surface area contributed by atoms with Crippen LogP contribution in [0.15, 0.2) is 67.0 Å². The summed E-state index contributed by atoms with van der Waals surface area (Å²) in [5, 5.41) is 88.4. The lowest BCUT2D eigenvalue weighted by molar-refractivity contribution is -0.384. The van der Waals surface area contributed by atoms with Crippen molar-refractivity contribution in [3.63, 3.8) is 0 Å². The summed E-state index contributed by atoms with van der Waals surface area (Å²) < 4.78 is 41.2. The Hall–Kier alpha value is -5.47. The molecule has 2 saturated carbocycles. The van der Waals surface area contributed by atoms with E-state index in [1.807, 2.05) is 16.8 Å². The lowest BCUT2D eigenvalue weighted by atomic mass is 9.77. The molecule has 15 atom stereocenters. The van der Waals surface area contributed by atoms with Crippen molar-refractivity contribution < 1.29 is 78.4 Å². The number of benzene rings is 2. The number of carbonyl (C=O) groups excluding carboxylic acids is 2. The van der Waals surface area contributed by atoms with Gasteiger partial charge in [0.25, 0.3) is 5.69 Å². The predicted octanol–water partition coefficient (Wildman–Crippen LogP) is 2.65. The topological polar surface area (TPSA) is 319 Å². The van der Waals surface area contributed by atoms with Gasteiger partial charge in [-0.15, -0.1) is 5.10 Å². The molecule has 8 rings (SSSR count). The number of aliphatic carboxylic acids is 1. The number of carbonyl (C=O) groups is 3. The van der Waals surface area contributed by atoms with Crippen molar-refractivity contribution in [3.05, 3.63) is 88.4 Å². The number of carboxylic acids is 1. The number of esters is 1. The van der Waals surface area contributed by atoms with Gasteiger partial charge in [-0.1, -0.05) is 62.4 Å². The summed E-state index contributed by atoms with van der Waals surface area (Å²) in [7, 11) is 0. The number of hydrogen-bond acceptors (Lipinski definition) is 18. The van der Waals surface area contributed by atoms with Crippen LogP contribution in [0.5, 0.6) is 0 Å². The van der Waals surface area contributed by atoms with Gasteiger partial charge in [0.2, 0.25) is 5.91 Å². The first-order valence-corrected chi connectivity index (χ1v) is 25.6. The monoisotopic (exact) mass is 1040 g/mol. The smallest absolute Gasteiger partial charge is 0.338 e. The van der Waals surface area contributed by atoms with Crippen LogP contribution in [0.25, 0.3) is 10.9 Å². The molecule has 4 aromatic rings. The van der Waals surface area contributed by atoms with Crippen molar-refractivity contribution in [3.8, 4) is 0 Å². The molecule has 0 radical (unpaired) electrons. The second-order valence-electron chi connectivity index (χ2n) is 20.1. The number of rotatable bonds is 21. The first kappa shape index (κ1) is 54.8. The summed E-state index contributed by atoms with van der Waals surface area (Å²) in [6.45, 7) is 3.89. The van der Waals surface area contributed by atoms with Crippen LogP contribution < -0.4 is 5.32 Å². The summed E-state index contributed by atoms with van der Waals surface area (Å²) in [6.07, 6.45) is -9.35. The Morgan fingerprint density at radius 2 is 1.66 bits per heavy atom. The molecular formula is C51H68N6O17. The molecule has 4 aliphatic rings. The number of aliphatic hydroxyl groups is 5. The maximum Gasteiger partial charge on any atom is 0.338 e. The first-order chi connectivity index (χ1) is 35.6. The highest BCUT2D eigenvalue weighted by Crippen LogP contribution is 2.39. The molecule has 2 saturated heterocycles. The van der Waals surface area contributed by atoms with Gasteiger partial charge in [-0.05, 0) is 68.7 Å². The molecule has 2 aromatic heterocycles. The number of hydrogen-bond donors (Lipinski definition) is 7. The zero-order chi connectivity index (χ0) is 52.6. The van der Waals surface area contributed by atoms with E-state index >= 15 is 0 Å². The van der Waals surface area contributed by atoms with Crippen molar-refractivity contribution in [1.29, 1.82) is 0 Å². The average Bonchev–Trinajstić information content (AvgIpc) is 4.03. The molecule has 6 unspecified atom stereocenters. The van der Waals surface area contributed by atoms with Gasteiger partial charge in [0.05, 0.1) is 41.1 Å². The zero-order valence-electron chi connectivity index (χ0n) is 41.4. The fraction of sp³-hybridized carbons (Fsp3) is 0.627. The Morgan fingerprint density at radius 3 is 2.39 bits per heavy atom. The third kappa shape index (κ3) is 13.1. The molecule has 404 valence electrons. The Bertz CT molecular complexity index is 2510. The quantitative estimate of drug-likeness (QED) is 0.0358. The molecule has 23 nitrogen and oxygen atoms in total. The molecule has 1 amide bonds. The van der Waals surface area contributed by atoms with E-state index < -0.39 is 115 Å². The van der Waals surface area contributed by atoms with Crippen LogP contribution in [-0.2, 0) is 57.5 Å². The molecule has 2 aliphatic carbocycles. The maximum absolute atomic E-state index is 14.1. The van der Waals surface area contributed by atoms with Crippen LogP contribution in [0.1, 0.15) is 87.7 Å². The molecule has 7 N–H and O–H groups in total. The Kier molecular flexibility index (Phi) is 18.4.